The molecule has 0 amide bonds. The van der Waals surface area contributed by atoms with Gasteiger partial charge in [0.05, 0.1) is 11.1 Å². The molecule has 0 N–H and O–H groups in total. The quantitative estimate of drug-likeness (QED) is 0.0985. The van der Waals surface area contributed by atoms with Crippen LogP contribution in [0.2, 0.25) is 0 Å². The van der Waals surface area contributed by atoms with Crippen molar-refractivity contribution in [3.8, 4) is 33.4 Å². The van der Waals surface area contributed by atoms with Crippen LogP contribution < -0.4 is 4.90 Å². The molecule has 0 heterocycles. The normalized spacial score (nSPS) is 15.0. The lowest BCUT2D eigenvalue weighted by Crippen LogP contribution is -2.43. The first-order valence-corrected chi connectivity index (χ1v) is 25.1. The van der Waals surface area contributed by atoms with Crippen LogP contribution in [0.4, 0.5) is 17.1 Å². The van der Waals surface area contributed by atoms with Crippen LogP contribution in [0.15, 0.2) is 188 Å². The van der Waals surface area contributed by atoms with Gasteiger partial charge < -0.3 is 4.90 Å². The number of rotatable bonds is 14. The molecule has 0 radical (unpaired) electrons. The van der Waals surface area contributed by atoms with Crippen molar-refractivity contribution < 1.29 is 0 Å². The van der Waals surface area contributed by atoms with Crippen LogP contribution in [0.3, 0.4) is 0 Å². The lowest BCUT2D eigenvalue weighted by molar-refractivity contribution is 0.374. The molecule has 0 aliphatic heterocycles. The second-order valence-corrected chi connectivity index (χ2v) is 19.9. The Hall–Kier alpha value is -6.44. The molecular weight excluding hydrogens is 795 g/mol. The molecule has 3 aliphatic carbocycles. The highest BCUT2D eigenvalue weighted by Gasteiger charge is 2.55. The van der Waals surface area contributed by atoms with Gasteiger partial charge in [-0.15, -0.1) is 0 Å². The Balaban J connectivity index is 1.17. The number of hydrogen-bond acceptors (Lipinski definition) is 1. The molecule has 0 aromatic heterocycles. The van der Waals surface area contributed by atoms with Crippen LogP contribution in [-0.2, 0) is 16.2 Å². The third-order valence-corrected chi connectivity index (χ3v) is 15.9. The minimum absolute atomic E-state index is 0.0509. The fourth-order valence-electron chi connectivity index (χ4n) is 12.9. The molecule has 0 fully saturated rings. The smallest absolute Gasteiger partial charge is 0.0720 e. The van der Waals surface area contributed by atoms with Gasteiger partial charge in [0.15, 0.2) is 0 Å². The van der Waals surface area contributed by atoms with Gasteiger partial charge >= 0.3 is 0 Å². The largest absolute Gasteiger partial charge is 0.310 e. The van der Waals surface area contributed by atoms with E-state index in [2.05, 4.69) is 221 Å². The second-order valence-electron chi connectivity index (χ2n) is 19.9. The van der Waals surface area contributed by atoms with Crippen molar-refractivity contribution in [2.75, 3.05) is 4.90 Å². The highest BCUT2D eigenvalue weighted by atomic mass is 15.1. The number of fused-ring (bicyclic) bond motifs is 12. The van der Waals surface area contributed by atoms with Crippen LogP contribution >= 0.6 is 0 Å². The van der Waals surface area contributed by atoms with Crippen LogP contribution in [0.5, 0.6) is 0 Å². The van der Waals surface area contributed by atoms with Crippen molar-refractivity contribution >= 4 is 17.1 Å². The van der Waals surface area contributed by atoms with Gasteiger partial charge in [0, 0.05) is 27.8 Å². The fraction of sp³-hybridized carbons (Fsp3) is 0.262. The summed E-state index contributed by atoms with van der Waals surface area (Å²) in [6, 6.07) is 72.4. The molecule has 0 saturated carbocycles. The van der Waals surface area contributed by atoms with Gasteiger partial charge in [-0.3, -0.25) is 0 Å². The number of nitrogens with zero attached hydrogens (tertiary/aromatic N) is 1. The third kappa shape index (κ3) is 6.48. The summed E-state index contributed by atoms with van der Waals surface area (Å²) in [5.41, 5.74) is 22.2. The van der Waals surface area contributed by atoms with Crippen molar-refractivity contribution in [3.05, 3.63) is 233 Å². The summed E-state index contributed by atoms with van der Waals surface area (Å²) >= 11 is 0. The minimum atomic E-state index is -0.488. The van der Waals surface area contributed by atoms with E-state index in [0.717, 1.165) is 0 Å². The van der Waals surface area contributed by atoms with E-state index in [1.54, 1.807) is 0 Å². The molecule has 0 saturated heterocycles. The zero-order chi connectivity index (χ0) is 44.9. The predicted octanol–water partition coefficient (Wildman–Crippen LogP) is 18.0. The van der Waals surface area contributed by atoms with Crippen molar-refractivity contribution in [2.24, 2.45) is 0 Å². The zero-order valence-corrected chi connectivity index (χ0v) is 39.4. The molecule has 11 rings (SSSR count). The lowest BCUT2D eigenvalue weighted by atomic mass is 9.52. The molecule has 1 spiro atoms. The summed E-state index contributed by atoms with van der Waals surface area (Å²) in [4.78, 5) is 2.56. The van der Waals surface area contributed by atoms with Crippen LogP contribution in [0, 0.1) is 0 Å². The Morgan fingerprint density at radius 1 is 0.348 bits per heavy atom. The molecule has 0 atom stereocenters. The van der Waals surface area contributed by atoms with E-state index in [9.17, 15) is 0 Å². The summed E-state index contributed by atoms with van der Waals surface area (Å²) in [7, 11) is 0. The van der Waals surface area contributed by atoms with Gasteiger partial charge in [0.1, 0.15) is 0 Å². The van der Waals surface area contributed by atoms with Crippen LogP contribution in [-0.4, -0.2) is 0 Å². The number of benzene rings is 8. The summed E-state index contributed by atoms with van der Waals surface area (Å²) in [6.07, 6.45) is 12.5. The standard InChI is InChI=1S/C65H63N/c1-5-7-9-24-42-64(43-25-10-8-6-2)56-33-19-21-35-58(56)65(59-36-22-20-34-57(59)64)55-32-18-15-30-51(55)53-41-39-48(45-61(53)65)66(62-37-23-16-28-49(62)46-26-12-11-13-27-46)47-38-40-52-50-29-14-17-31-54(50)63(3,4)60(52)44-47/h11-23,26-41,44-45H,5-10,24-25,42-43H2,1-4H3. The molecule has 1 nitrogen and oxygen atoms in total. The van der Waals surface area contributed by atoms with Crippen molar-refractivity contribution in [2.45, 2.75) is 108 Å². The molecular formula is C65H63N. The minimum Gasteiger partial charge on any atom is -0.310 e. The molecule has 8 aromatic rings. The summed E-state index contributed by atoms with van der Waals surface area (Å²) in [5.74, 6) is 0. The van der Waals surface area contributed by atoms with Gasteiger partial charge in [-0.2, -0.15) is 0 Å². The first-order valence-electron chi connectivity index (χ1n) is 25.1. The Morgan fingerprint density at radius 2 is 0.788 bits per heavy atom. The third-order valence-electron chi connectivity index (χ3n) is 15.9. The molecule has 328 valence electrons. The van der Waals surface area contributed by atoms with E-state index < -0.39 is 5.41 Å². The van der Waals surface area contributed by atoms with Crippen molar-refractivity contribution in [1.29, 1.82) is 0 Å². The Morgan fingerprint density at radius 3 is 1.38 bits per heavy atom. The van der Waals surface area contributed by atoms with E-state index in [0.29, 0.717) is 0 Å². The average Bonchev–Trinajstić information content (AvgIpc) is 3.78. The number of unbranched alkanes of at least 4 members (excludes halogenated alkanes) is 6. The lowest BCUT2D eigenvalue weighted by Gasteiger charge is -2.50. The number of anilines is 3. The first-order chi connectivity index (χ1) is 32.4. The topological polar surface area (TPSA) is 3.24 Å². The SMILES string of the molecule is CCCCCCC1(CCCCCC)c2ccccc2C2(c3ccccc3-c3ccc(N(c4ccc5c(c4)C(C)(C)c4ccccc4-5)c4ccccc4-c4ccccc4)cc32)c2ccccc21. The summed E-state index contributed by atoms with van der Waals surface area (Å²) in [6.45, 7) is 9.46. The van der Waals surface area contributed by atoms with E-state index in [4.69, 9.17) is 0 Å². The van der Waals surface area contributed by atoms with Gasteiger partial charge in [0.25, 0.3) is 0 Å². The number of hydrogen-bond donors (Lipinski definition) is 0. The van der Waals surface area contributed by atoms with Gasteiger partial charge in [0.2, 0.25) is 0 Å². The molecule has 3 aliphatic rings. The van der Waals surface area contributed by atoms with Gasteiger partial charge in [-0.25, -0.2) is 0 Å². The van der Waals surface area contributed by atoms with E-state index in [1.165, 1.54) is 159 Å². The summed E-state index contributed by atoms with van der Waals surface area (Å²) < 4.78 is 0. The highest BCUT2D eigenvalue weighted by Crippen LogP contribution is 2.64. The summed E-state index contributed by atoms with van der Waals surface area (Å²) in [5, 5.41) is 0. The average molecular weight is 858 g/mol. The molecule has 8 aromatic carbocycles. The van der Waals surface area contributed by atoms with E-state index in [-0.39, 0.29) is 10.8 Å². The Labute approximate surface area is 394 Å². The maximum atomic E-state index is 2.59. The molecule has 0 unspecified atom stereocenters. The van der Waals surface area contributed by atoms with Gasteiger partial charge in [-0.1, -0.05) is 237 Å². The monoisotopic (exact) mass is 857 g/mol. The zero-order valence-electron chi connectivity index (χ0n) is 39.4. The molecule has 1 heteroatoms. The van der Waals surface area contributed by atoms with Crippen LogP contribution in [0.1, 0.15) is 136 Å². The number of para-hydroxylation sites is 1. The highest BCUT2D eigenvalue weighted by molar-refractivity contribution is 5.94. The van der Waals surface area contributed by atoms with Gasteiger partial charge in [-0.05, 0) is 115 Å². The van der Waals surface area contributed by atoms with Crippen LogP contribution in [0.25, 0.3) is 33.4 Å². The van der Waals surface area contributed by atoms with E-state index >= 15 is 0 Å². The Kier molecular flexibility index (Phi) is 10.9. The van der Waals surface area contributed by atoms with Crippen molar-refractivity contribution in [1.82, 2.24) is 0 Å². The van der Waals surface area contributed by atoms with Crippen molar-refractivity contribution in [3.63, 3.8) is 0 Å². The maximum Gasteiger partial charge on any atom is 0.0720 e. The molecule has 0 bridgehead atoms. The fourth-order valence-corrected chi connectivity index (χ4v) is 12.9. The Bertz CT molecular complexity index is 3000. The first kappa shape index (κ1) is 42.2. The van der Waals surface area contributed by atoms with E-state index in [1.807, 2.05) is 0 Å². The second kappa shape index (κ2) is 17.1. The predicted molar refractivity (Wildman–Crippen MR) is 280 cm³/mol. The maximum absolute atomic E-state index is 2.59. The molecule has 66 heavy (non-hydrogen) atoms.